The molecule has 4 rings (SSSR count). The molecular formula is C30H64N4O. The molecule has 4 saturated heterocycles. The molecule has 4 heterocycles. The molecule has 0 spiro atoms. The number of likely N-dealkylation sites (tertiary alicyclic amines) is 3. The molecule has 0 bridgehead atoms. The number of ether oxygens (including phenoxy) is 1. The van der Waals surface area contributed by atoms with Crippen molar-refractivity contribution in [2.24, 2.45) is 0 Å². The molecule has 0 saturated carbocycles. The van der Waals surface area contributed by atoms with Crippen LogP contribution >= 0.6 is 0 Å². The molecule has 5 nitrogen and oxygen atoms in total. The van der Waals surface area contributed by atoms with Gasteiger partial charge in [-0.3, -0.25) is 4.90 Å². The van der Waals surface area contributed by atoms with Crippen molar-refractivity contribution in [3.63, 3.8) is 0 Å². The number of hydrogen-bond donors (Lipinski definition) is 0. The fourth-order valence-electron chi connectivity index (χ4n) is 5.22. The van der Waals surface area contributed by atoms with Crippen molar-refractivity contribution < 1.29 is 4.74 Å². The molecule has 210 valence electrons. The van der Waals surface area contributed by atoms with E-state index in [-0.39, 0.29) is 0 Å². The van der Waals surface area contributed by atoms with E-state index in [0.29, 0.717) is 6.04 Å². The Bertz CT molecular complexity index is 407. The third-order valence-electron chi connectivity index (χ3n) is 7.89. The third-order valence-corrected chi connectivity index (χ3v) is 7.89. The van der Waals surface area contributed by atoms with E-state index in [2.05, 4.69) is 75.0 Å². The van der Waals surface area contributed by atoms with E-state index in [4.69, 9.17) is 4.74 Å². The Morgan fingerprint density at radius 3 is 0.771 bits per heavy atom. The van der Waals surface area contributed by atoms with Gasteiger partial charge in [0.1, 0.15) is 0 Å². The summed E-state index contributed by atoms with van der Waals surface area (Å²) in [7, 11) is 0. The molecule has 0 unspecified atom stereocenters. The minimum atomic E-state index is 0.689. The fraction of sp³-hybridized carbons (Fsp3) is 1.00. The lowest BCUT2D eigenvalue weighted by molar-refractivity contribution is 0.0238. The lowest BCUT2D eigenvalue weighted by Crippen LogP contribution is -2.40. The average Bonchev–Trinajstić information content (AvgIpc) is 3.43. The summed E-state index contributed by atoms with van der Waals surface area (Å²) >= 11 is 0. The molecule has 0 amide bonds. The summed E-state index contributed by atoms with van der Waals surface area (Å²) in [6.45, 7) is 30.2. The maximum absolute atomic E-state index is 5.21. The van der Waals surface area contributed by atoms with Crippen molar-refractivity contribution in [1.82, 2.24) is 19.6 Å². The maximum Gasteiger partial charge on any atom is 0.0594 e. The van der Waals surface area contributed by atoms with Crippen LogP contribution in [0, 0.1) is 0 Å². The largest absolute Gasteiger partial charge is 0.379 e. The Hall–Kier alpha value is -0.200. The van der Waals surface area contributed by atoms with Gasteiger partial charge in [-0.25, -0.2) is 0 Å². The fourth-order valence-corrected chi connectivity index (χ4v) is 5.22. The molecule has 4 aliphatic rings. The highest BCUT2D eigenvalue weighted by Gasteiger charge is 2.14. The SMILES string of the molecule is CC(C)N1CCCC1.CC(C)N1CCCCC1.CC(C)N1CCCCC1.CC(C)N1CCOCC1. The summed E-state index contributed by atoms with van der Waals surface area (Å²) < 4.78 is 5.21. The van der Waals surface area contributed by atoms with Crippen LogP contribution in [0.15, 0.2) is 0 Å². The smallest absolute Gasteiger partial charge is 0.0594 e. The normalized spacial score (nSPS) is 23.0. The van der Waals surface area contributed by atoms with Crippen molar-refractivity contribution in [1.29, 1.82) is 0 Å². The van der Waals surface area contributed by atoms with Crippen molar-refractivity contribution in [2.45, 2.75) is 131 Å². The Morgan fingerprint density at radius 1 is 0.343 bits per heavy atom. The molecular weight excluding hydrogens is 432 g/mol. The van der Waals surface area contributed by atoms with E-state index < -0.39 is 0 Å². The number of nitrogens with zero attached hydrogens (tertiary/aromatic N) is 4. The van der Waals surface area contributed by atoms with E-state index >= 15 is 0 Å². The van der Waals surface area contributed by atoms with Gasteiger partial charge in [-0.2, -0.15) is 0 Å². The van der Waals surface area contributed by atoms with Crippen LogP contribution in [0.25, 0.3) is 0 Å². The van der Waals surface area contributed by atoms with E-state index in [1.54, 1.807) is 0 Å². The van der Waals surface area contributed by atoms with Gasteiger partial charge in [-0.05, 0) is 133 Å². The van der Waals surface area contributed by atoms with Gasteiger partial charge in [-0.15, -0.1) is 0 Å². The van der Waals surface area contributed by atoms with Gasteiger partial charge >= 0.3 is 0 Å². The highest BCUT2D eigenvalue weighted by molar-refractivity contribution is 4.69. The molecule has 5 heteroatoms. The lowest BCUT2D eigenvalue weighted by Gasteiger charge is -2.29. The van der Waals surface area contributed by atoms with Crippen molar-refractivity contribution in [3.8, 4) is 0 Å². The summed E-state index contributed by atoms with van der Waals surface area (Å²) in [5.74, 6) is 0. The summed E-state index contributed by atoms with van der Waals surface area (Å²) in [6, 6.07) is 3.00. The van der Waals surface area contributed by atoms with Crippen LogP contribution in [0.1, 0.15) is 107 Å². The molecule has 4 aliphatic heterocycles. The Kier molecular flexibility index (Phi) is 18.6. The van der Waals surface area contributed by atoms with Crippen molar-refractivity contribution >= 4 is 0 Å². The molecule has 35 heavy (non-hydrogen) atoms. The first-order chi connectivity index (χ1) is 16.7. The van der Waals surface area contributed by atoms with Crippen molar-refractivity contribution in [2.75, 3.05) is 65.6 Å². The van der Waals surface area contributed by atoms with Crippen LogP contribution in [-0.4, -0.2) is 109 Å². The standard InChI is InChI=1S/2C8H17N.C7H15NO.C7H15N/c2*1-8(2)9-6-4-3-5-7-9;1-7(2)8-3-5-9-6-4-8;1-7(2)8-5-3-4-6-8/h2*8H,3-7H2,1-2H3;7H,3-6H2,1-2H3;7H,3-6H2,1-2H3. The second-order valence-electron chi connectivity index (χ2n) is 12.0. The zero-order chi connectivity index (χ0) is 26.1. The first-order valence-electron chi connectivity index (χ1n) is 15.3. The first kappa shape index (κ1) is 32.8. The van der Waals surface area contributed by atoms with Gasteiger partial charge < -0.3 is 19.4 Å². The average molecular weight is 497 g/mol. The molecule has 4 fully saturated rings. The van der Waals surface area contributed by atoms with Gasteiger partial charge in [0.15, 0.2) is 0 Å². The molecule has 0 aromatic heterocycles. The molecule has 0 aliphatic carbocycles. The van der Waals surface area contributed by atoms with Crippen LogP contribution in [0.5, 0.6) is 0 Å². The molecule has 0 atom stereocenters. The van der Waals surface area contributed by atoms with E-state index in [0.717, 1.165) is 44.4 Å². The highest BCUT2D eigenvalue weighted by atomic mass is 16.5. The quantitative estimate of drug-likeness (QED) is 0.476. The first-order valence-corrected chi connectivity index (χ1v) is 15.3. The van der Waals surface area contributed by atoms with Crippen LogP contribution in [0.4, 0.5) is 0 Å². The lowest BCUT2D eigenvalue weighted by atomic mass is 10.1. The summed E-state index contributed by atoms with van der Waals surface area (Å²) in [5.41, 5.74) is 0. The van der Waals surface area contributed by atoms with Gasteiger partial charge in [0, 0.05) is 37.3 Å². The molecule has 0 aromatic carbocycles. The monoisotopic (exact) mass is 497 g/mol. The van der Waals surface area contributed by atoms with E-state index in [1.807, 2.05) is 0 Å². The Morgan fingerprint density at radius 2 is 0.571 bits per heavy atom. The van der Waals surface area contributed by atoms with E-state index in [1.165, 1.54) is 90.6 Å². The van der Waals surface area contributed by atoms with Gasteiger partial charge in [0.2, 0.25) is 0 Å². The second-order valence-corrected chi connectivity index (χ2v) is 12.0. The molecule has 0 aromatic rings. The number of morpholine rings is 1. The second kappa shape index (κ2) is 19.9. The summed E-state index contributed by atoms with van der Waals surface area (Å²) in [6.07, 6.45) is 11.4. The topological polar surface area (TPSA) is 22.2 Å². The summed E-state index contributed by atoms with van der Waals surface area (Å²) in [5, 5.41) is 0. The van der Waals surface area contributed by atoms with E-state index in [9.17, 15) is 0 Å². The van der Waals surface area contributed by atoms with Gasteiger partial charge in [-0.1, -0.05) is 12.8 Å². The predicted molar refractivity (Wildman–Crippen MR) is 155 cm³/mol. The zero-order valence-corrected chi connectivity index (χ0v) is 25.2. The summed E-state index contributed by atoms with van der Waals surface area (Å²) in [4.78, 5) is 10.1. The third kappa shape index (κ3) is 15.6. The van der Waals surface area contributed by atoms with Crippen LogP contribution in [0.2, 0.25) is 0 Å². The number of rotatable bonds is 4. The Labute approximate surface area is 220 Å². The molecule has 0 N–H and O–H groups in total. The van der Waals surface area contributed by atoms with Crippen LogP contribution in [0.3, 0.4) is 0 Å². The minimum absolute atomic E-state index is 0.689. The molecule has 0 radical (unpaired) electrons. The maximum atomic E-state index is 5.21. The number of piperidine rings is 2. The van der Waals surface area contributed by atoms with Gasteiger partial charge in [0.05, 0.1) is 13.2 Å². The zero-order valence-electron chi connectivity index (χ0n) is 25.2. The minimum Gasteiger partial charge on any atom is -0.379 e. The van der Waals surface area contributed by atoms with Gasteiger partial charge in [0.25, 0.3) is 0 Å². The highest BCUT2D eigenvalue weighted by Crippen LogP contribution is 2.12. The number of hydrogen-bond acceptors (Lipinski definition) is 5. The van der Waals surface area contributed by atoms with Crippen LogP contribution in [-0.2, 0) is 4.74 Å². The predicted octanol–water partition coefficient (Wildman–Crippen LogP) is 5.98. The van der Waals surface area contributed by atoms with Crippen molar-refractivity contribution in [3.05, 3.63) is 0 Å². The Balaban J connectivity index is 0.000000234. The van der Waals surface area contributed by atoms with Crippen LogP contribution < -0.4 is 0 Å².